The molecule has 0 radical (unpaired) electrons. The van der Waals surface area contributed by atoms with Gasteiger partial charge >= 0.3 is 6.03 Å². The molecule has 0 saturated carbocycles. The molecule has 4 unspecified atom stereocenters. The lowest BCUT2D eigenvalue weighted by atomic mass is 9.95. The van der Waals surface area contributed by atoms with E-state index in [4.69, 9.17) is 9.47 Å². The maximum atomic E-state index is 12.3. The van der Waals surface area contributed by atoms with Gasteiger partial charge in [-0.2, -0.15) is 0 Å². The van der Waals surface area contributed by atoms with E-state index >= 15 is 0 Å². The second kappa shape index (κ2) is 6.95. The summed E-state index contributed by atoms with van der Waals surface area (Å²) in [6, 6.07) is -0.118. The monoisotopic (exact) mass is 327 g/mol. The molecule has 2 fully saturated rings. The predicted molar refractivity (Wildman–Crippen MR) is 90.6 cm³/mol. The van der Waals surface area contributed by atoms with E-state index in [0.717, 1.165) is 19.5 Å². The fourth-order valence-corrected chi connectivity index (χ4v) is 3.38. The summed E-state index contributed by atoms with van der Waals surface area (Å²) in [5.74, 6) is 0. The molecular formula is C17H33N3O3. The molecular weight excluding hydrogens is 294 g/mol. The number of rotatable bonds is 4. The quantitative estimate of drug-likeness (QED) is 0.826. The summed E-state index contributed by atoms with van der Waals surface area (Å²) < 4.78 is 11.4. The summed E-state index contributed by atoms with van der Waals surface area (Å²) in [5.41, 5.74) is -0.390. The topological polar surface area (TPSA) is 62.8 Å². The number of carbonyl (C=O) groups is 1. The maximum absolute atomic E-state index is 12.3. The van der Waals surface area contributed by atoms with Gasteiger partial charge in [-0.15, -0.1) is 0 Å². The molecule has 6 nitrogen and oxygen atoms in total. The van der Waals surface area contributed by atoms with E-state index < -0.39 is 0 Å². The number of urea groups is 1. The van der Waals surface area contributed by atoms with Gasteiger partial charge in [0.05, 0.1) is 23.9 Å². The first-order chi connectivity index (χ1) is 10.6. The Labute approximate surface area is 140 Å². The molecule has 0 aromatic carbocycles. The normalized spacial score (nSPS) is 36.0. The highest BCUT2D eigenvalue weighted by molar-refractivity contribution is 5.75. The summed E-state index contributed by atoms with van der Waals surface area (Å²) >= 11 is 0. The standard InChI is InChI=1S/C17H33N3O3/c1-12-9-20(10-13(2)23-12)16(4,5)11-18-15(21)19-17(6)7-8-22-14(17)3/h12-14H,7-11H2,1-6H3,(H2,18,19,21). The Morgan fingerprint density at radius 3 is 2.39 bits per heavy atom. The van der Waals surface area contributed by atoms with Crippen LogP contribution >= 0.6 is 0 Å². The first kappa shape index (κ1) is 18.5. The van der Waals surface area contributed by atoms with Crippen molar-refractivity contribution >= 4 is 6.03 Å². The van der Waals surface area contributed by atoms with E-state index in [2.05, 4.69) is 43.2 Å². The fourth-order valence-electron chi connectivity index (χ4n) is 3.38. The van der Waals surface area contributed by atoms with Crippen LogP contribution in [0.5, 0.6) is 0 Å². The van der Waals surface area contributed by atoms with Crippen LogP contribution in [0.2, 0.25) is 0 Å². The van der Waals surface area contributed by atoms with Crippen LogP contribution in [-0.4, -0.2) is 66.6 Å². The van der Waals surface area contributed by atoms with Crippen molar-refractivity contribution < 1.29 is 14.3 Å². The van der Waals surface area contributed by atoms with Crippen LogP contribution in [0, 0.1) is 0 Å². The highest BCUT2D eigenvalue weighted by atomic mass is 16.5. The first-order valence-electron chi connectivity index (χ1n) is 8.70. The number of nitrogens with zero attached hydrogens (tertiary/aromatic N) is 1. The number of amides is 2. The molecule has 0 aromatic heterocycles. The zero-order valence-electron chi connectivity index (χ0n) is 15.4. The lowest BCUT2D eigenvalue weighted by molar-refractivity contribution is -0.0948. The van der Waals surface area contributed by atoms with Crippen LogP contribution in [0.25, 0.3) is 0 Å². The third kappa shape index (κ3) is 4.58. The van der Waals surface area contributed by atoms with Crippen LogP contribution in [0.3, 0.4) is 0 Å². The van der Waals surface area contributed by atoms with Gasteiger partial charge in [0.1, 0.15) is 0 Å². The van der Waals surface area contributed by atoms with Gasteiger partial charge in [0.15, 0.2) is 0 Å². The third-order valence-corrected chi connectivity index (χ3v) is 5.24. The molecule has 2 amide bonds. The Bertz CT molecular complexity index is 419. The van der Waals surface area contributed by atoms with Crippen molar-refractivity contribution in [2.45, 2.75) is 77.4 Å². The van der Waals surface area contributed by atoms with E-state index in [1.807, 2.05) is 13.8 Å². The van der Waals surface area contributed by atoms with Gasteiger partial charge in [-0.25, -0.2) is 4.79 Å². The predicted octanol–water partition coefficient (Wildman–Crippen LogP) is 1.74. The molecule has 23 heavy (non-hydrogen) atoms. The Morgan fingerprint density at radius 2 is 1.87 bits per heavy atom. The van der Waals surface area contributed by atoms with Crippen molar-refractivity contribution in [1.29, 1.82) is 0 Å². The molecule has 134 valence electrons. The molecule has 6 heteroatoms. The highest BCUT2D eigenvalue weighted by Crippen LogP contribution is 2.25. The van der Waals surface area contributed by atoms with Gasteiger partial charge in [0.2, 0.25) is 0 Å². The van der Waals surface area contributed by atoms with Crippen molar-refractivity contribution in [3.8, 4) is 0 Å². The SMILES string of the molecule is CC1CN(C(C)(C)CNC(=O)NC2(C)CCOC2C)CC(C)O1. The van der Waals surface area contributed by atoms with E-state index in [1.165, 1.54) is 0 Å². The van der Waals surface area contributed by atoms with Crippen LogP contribution < -0.4 is 10.6 Å². The van der Waals surface area contributed by atoms with Crippen LogP contribution in [-0.2, 0) is 9.47 Å². The zero-order chi connectivity index (χ0) is 17.3. The third-order valence-electron chi connectivity index (χ3n) is 5.24. The second-order valence-electron chi connectivity index (χ2n) is 7.96. The summed E-state index contributed by atoms with van der Waals surface area (Å²) in [7, 11) is 0. The molecule has 2 heterocycles. The van der Waals surface area contributed by atoms with Crippen molar-refractivity contribution in [3.63, 3.8) is 0 Å². The number of morpholine rings is 1. The Hall–Kier alpha value is -0.850. The van der Waals surface area contributed by atoms with Gasteiger partial charge in [0.25, 0.3) is 0 Å². The maximum Gasteiger partial charge on any atom is 0.315 e. The highest BCUT2D eigenvalue weighted by Gasteiger charge is 2.39. The number of hydrogen-bond acceptors (Lipinski definition) is 4. The number of nitrogens with one attached hydrogen (secondary N) is 2. The van der Waals surface area contributed by atoms with Gasteiger partial charge < -0.3 is 20.1 Å². The van der Waals surface area contributed by atoms with Crippen molar-refractivity contribution in [2.75, 3.05) is 26.2 Å². The Balaban J connectivity index is 1.85. The van der Waals surface area contributed by atoms with Crippen molar-refractivity contribution in [1.82, 2.24) is 15.5 Å². The van der Waals surface area contributed by atoms with Crippen molar-refractivity contribution in [2.24, 2.45) is 0 Å². The van der Waals surface area contributed by atoms with Gasteiger partial charge in [-0.3, -0.25) is 4.90 Å². The van der Waals surface area contributed by atoms with Gasteiger partial charge in [0, 0.05) is 31.8 Å². The molecule has 2 saturated heterocycles. The smallest absolute Gasteiger partial charge is 0.315 e. The molecule has 4 atom stereocenters. The molecule has 0 aromatic rings. The first-order valence-corrected chi connectivity index (χ1v) is 8.70. The van der Waals surface area contributed by atoms with Crippen LogP contribution in [0.1, 0.15) is 48.0 Å². The number of hydrogen-bond donors (Lipinski definition) is 2. The van der Waals surface area contributed by atoms with Crippen LogP contribution in [0.15, 0.2) is 0 Å². The molecule has 2 rings (SSSR count). The van der Waals surface area contributed by atoms with E-state index in [0.29, 0.717) is 13.2 Å². The minimum atomic E-state index is -0.282. The van der Waals surface area contributed by atoms with Crippen molar-refractivity contribution in [3.05, 3.63) is 0 Å². The van der Waals surface area contributed by atoms with E-state index in [1.54, 1.807) is 0 Å². The minimum Gasteiger partial charge on any atom is -0.376 e. The molecule has 2 aliphatic heterocycles. The van der Waals surface area contributed by atoms with E-state index in [9.17, 15) is 4.79 Å². The lowest BCUT2D eigenvalue weighted by Crippen LogP contribution is -2.61. The summed E-state index contributed by atoms with van der Waals surface area (Å²) in [6.07, 6.45) is 1.34. The average molecular weight is 327 g/mol. The van der Waals surface area contributed by atoms with Gasteiger partial charge in [-0.05, 0) is 48.0 Å². The fraction of sp³-hybridized carbons (Fsp3) is 0.941. The Morgan fingerprint density at radius 1 is 1.26 bits per heavy atom. The second-order valence-corrected chi connectivity index (χ2v) is 7.96. The summed E-state index contributed by atoms with van der Waals surface area (Å²) in [5, 5.41) is 6.11. The minimum absolute atomic E-state index is 0.0437. The zero-order valence-corrected chi connectivity index (χ0v) is 15.4. The molecule has 0 spiro atoms. The van der Waals surface area contributed by atoms with Gasteiger partial charge in [-0.1, -0.05) is 0 Å². The summed E-state index contributed by atoms with van der Waals surface area (Å²) in [6.45, 7) is 15.7. The molecule has 2 N–H and O–H groups in total. The lowest BCUT2D eigenvalue weighted by Gasteiger charge is -2.45. The number of carbonyl (C=O) groups excluding carboxylic acids is 1. The summed E-state index contributed by atoms with van der Waals surface area (Å²) in [4.78, 5) is 14.7. The molecule has 2 aliphatic rings. The largest absolute Gasteiger partial charge is 0.376 e. The Kier molecular flexibility index (Phi) is 5.59. The van der Waals surface area contributed by atoms with E-state index in [-0.39, 0.29) is 35.4 Å². The molecule has 0 bridgehead atoms. The number of ether oxygens (including phenoxy) is 2. The van der Waals surface area contributed by atoms with Crippen LogP contribution in [0.4, 0.5) is 4.79 Å². The molecule has 0 aliphatic carbocycles. The average Bonchev–Trinajstić information content (AvgIpc) is 2.75.